The highest BCUT2D eigenvalue weighted by Gasteiger charge is 2.66. The zero-order valence-electron chi connectivity index (χ0n) is 11.3. The van der Waals surface area contributed by atoms with Crippen LogP contribution in [0, 0.1) is 10.8 Å². The van der Waals surface area contributed by atoms with Crippen molar-refractivity contribution in [3.8, 4) is 0 Å². The summed E-state index contributed by atoms with van der Waals surface area (Å²) >= 11 is 0. The fraction of sp³-hybridized carbons (Fsp3) is 0.111. The molecule has 21 heavy (non-hydrogen) atoms. The van der Waals surface area contributed by atoms with Gasteiger partial charge < -0.3 is 0 Å². The topological polar surface area (TPSA) is 37.4 Å². The molecule has 0 unspecified atom stereocenters. The van der Waals surface area contributed by atoms with Gasteiger partial charge in [-0.15, -0.1) is 0 Å². The number of anilines is 1. The van der Waals surface area contributed by atoms with Crippen molar-refractivity contribution in [1.82, 2.24) is 0 Å². The van der Waals surface area contributed by atoms with Crippen molar-refractivity contribution in [3.63, 3.8) is 0 Å². The van der Waals surface area contributed by atoms with Gasteiger partial charge in [-0.2, -0.15) is 0 Å². The molecule has 1 aliphatic heterocycles. The molecule has 0 bridgehead atoms. The van der Waals surface area contributed by atoms with Crippen LogP contribution in [0.4, 0.5) is 5.69 Å². The fourth-order valence-corrected chi connectivity index (χ4v) is 3.40. The summed E-state index contributed by atoms with van der Waals surface area (Å²) in [6.45, 7) is 0. The van der Waals surface area contributed by atoms with Gasteiger partial charge in [0.2, 0.25) is 11.8 Å². The molecule has 3 heteroatoms. The zero-order valence-corrected chi connectivity index (χ0v) is 11.3. The Morgan fingerprint density at radius 1 is 0.667 bits per heavy atom. The molecule has 0 radical (unpaired) electrons. The maximum Gasteiger partial charge on any atom is 0.249 e. The van der Waals surface area contributed by atoms with Crippen molar-refractivity contribution in [2.24, 2.45) is 10.8 Å². The number of hydrogen-bond acceptors (Lipinski definition) is 2. The van der Waals surface area contributed by atoms with Crippen molar-refractivity contribution in [3.05, 3.63) is 78.9 Å². The Morgan fingerprint density at radius 2 is 1.10 bits per heavy atom. The van der Waals surface area contributed by atoms with Crippen molar-refractivity contribution in [1.29, 1.82) is 0 Å². The Labute approximate surface area is 122 Å². The molecule has 3 nitrogen and oxygen atoms in total. The third-order valence-electron chi connectivity index (χ3n) is 4.47. The van der Waals surface area contributed by atoms with Crippen LogP contribution in [0.5, 0.6) is 0 Å². The lowest BCUT2D eigenvalue weighted by atomic mass is 9.61. The lowest BCUT2D eigenvalue weighted by molar-refractivity contribution is -0.122. The van der Waals surface area contributed by atoms with Gasteiger partial charge in [-0.25, -0.2) is 4.90 Å². The Balaban J connectivity index is 1.97. The maximum absolute atomic E-state index is 13.0. The number of allylic oxidation sites excluding steroid dienone is 4. The standard InChI is InChI=1S/C18H13NO2/c20-15-17-10-4-5-11-18(17,13-7-6-12-17)16(21)19(15)14-8-2-1-3-9-14/h1-13H. The zero-order chi connectivity index (χ0) is 14.5. The van der Waals surface area contributed by atoms with E-state index >= 15 is 0 Å². The van der Waals surface area contributed by atoms with E-state index < -0.39 is 10.8 Å². The van der Waals surface area contributed by atoms with Crippen LogP contribution in [0.2, 0.25) is 0 Å². The Bertz CT molecular complexity index is 683. The van der Waals surface area contributed by atoms with Gasteiger partial charge in [-0.1, -0.05) is 66.8 Å². The molecule has 2 aliphatic carbocycles. The predicted molar refractivity (Wildman–Crippen MR) is 80.4 cm³/mol. The normalized spacial score (nSPS) is 32.5. The van der Waals surface area contributed by atoms with E-state index in [1.807, 2.05) is 66.8 Å². The molecule has 102 valence electrons. The molecule has 3 aliphatic rings. The van der Waals surface area contributed by atoms with Crippen molar-refractivity contribution in [2.45, 2.75) is 0 Å². The number of carbonyl (C=O) groups excluding carboxylic acids is 2. The van der Waals surface area contributed by atoms with Crippen LogP contribution in [-0.4, -0.2) is 11.8 Å². The second-order valence-electron chi connectivity index (χ2n) is 5.46. The van der Waals surface area contributed by atoms with Gasteiger partial charge in [0, 0.05) is 0 Å². The highest BCUT2D eigenvalue weighted by Crippen LogP contribution is 2.56. The second kappa shape index (κ2) is 3.92. The fourth-order valence-electron chi connectivity index (χ4n) is 3.40. The molecule has 1 aromatic carbocycles. The summed E-state index contributed by atoms with van der Waals surface area (Å²) in [5.74, 6) is -0.389. The van der Waals surface area contributed by atoms with Crippen LogP contribution < -0.4 is 4.90 Å². The Morgan fingerprint density at radius 3 is 1.52 bits per heavy atom. The molecule has 0 saturated carbocycles. The number of imide groups is 1. The highest BCUT2D eigenvalue weighted by molar-refractivity contribution is 6.28. The molecule has 2 amide bonds. The maximum atomic E-state index is 13.0. The average Bonchev–Trinajstić information content (AvgIpc) is 2.75. The minimum atomic E-state index is -0.927. The van der Waals surface area contributed by atoms with E-state index in [2.05, 4.69) is 0 Å². The molecule has 1 heterocycles. The van der Waals surface area contributed by atoms with Crippen LogP contribution in [-0.2, 0) is 9.59 Å². The van der Waals surface area contributed by atoms with E-state index in [1.54, 1.807) is 12.1 Å². The number of carbonyl (C=O) groups is 2. The van der Waals surface area contributed by atoms with Crippen molar-refractivity contribution < 1.29 is 9.59 Å². The van der Waals surface area contributed by atoms with Gasteiger partial charge in [-0.05, 0) is 12.1 Å². The third kappa shape index (κ3) is 1.28. The van der Waals surface area contributed by atoms with Crippen molar-refractivity contribution in [2.75, 3.05) is 4.90 Å². The van der Waals surface area contributed by atoms with E-state index in [0.717, 1.165) is 0 Å². The molecule has 0 N–H and O–H groups in total. The highest BCUT2D eigenvalue weighted by atomic mass is 16.2. The monoisotopic (exact) mass is 275 g/mol. The molecular weight excluding hydrogens is 262 g/mol. The number of para-hydroxylation sites is 1. The predicted octanol–water partition coefficient (Wildman–Crippen LogP) is 2.78. The number of nitrogens with zero attached hydrogens (tertiary/aromatic N) is 1. The molecule has 4 rings (SSSR count). The summed E-state index contributed by atoms with van der Waals surface area (Å²) in [5, 5.41) is 0. The van der Waals surface area contributed by atoms with E-state index in [0.29, 0.717) is 5.69 Å². The van der Waals surface area contributed by atoms with Gasteiger partial charge in [-0.3, -0.25) is 9.59 Å². The molecule has 1 saturated heterocycles. The van der Waals surface area contributed by atoms with E-state index in [-0.39, 0.29) is 11.8 Å². The first-order valence-electron chi connectivity index (χ1n) is 6.89. The van der Waals surface area contributed by atoms with Crippen molar-refractivity contribution >= 4 is 17.5 Å². The van der Waals surface area contributed by atoms with Gasteiger partial charge in [0.25, 0.3) is 0 Å². The Kier molecular flexibility index (Phi) is 2.25. The third-order valence-corrected chi connectivity index (χ3v) is 4.47. The van der Waals surface area contributed by atoms with Gasteiger partial charge in [0.1, 0.15) is 10.8 Å². The number of amides is 2. The second-order valence-corrected chi connectivity index (χ2v) is 5.46. The summed E-state index contributed by atoms with van der Waals surface area (Å²) < 4.78 is 0. The quantitative estimate of drug-likeness (QED) is 0.739. The Hall–Kier alpha value is -2.68. The van der Waals surface area contributed by atoms with Crippen LogP contribution in [0.3, 0.4) is 0 Å². The molecule has 0 spiro atoms. The van der Waals surface area contributed by atoms with Crippen LogP contribution >= 0.6 is 0 Å². The first-order chi connectivity index (χ1) is 10.2. The average molecular weight is 275 g/mol. The summed E-state index contributed by atoms with van der Waals surface area (Å²) in [4.78, 5) is 27.4. The molecule has 1 aromatic rings. The SMILES string of the molecule is O=C1N(c2ccccc2)C(=O)C23C=CC=CC12C=CC=C3. The first kappa shape index (κ1) is 12.1. The molecule has 1 fully saturated rings. The van der Waals surface area contributed by atoms with E-state index in [1.165, 1.54) is 4.90 Å². The summed E-state index contributed by atoms with van der Waals surface area (Å²) in [5.41, 5.74) is -1.24. The smallest absolute Gasteiger partial charge is 0.249 e. The minimum absolute atomic E-state index is 0.195. The van der Waals surface area contributed by atoms with Crippen LogP contribution in [0.1, 0.15) is 0 Å². The van der Waals surface area contributed by atoms with Gasteiger partial charge in [0.05, 0.1) is 5.69 Å². The van der Waals surface area contributed by atoms with Gasteiger partial charge in [0.15, 0.2) is 0 Å². The van der Waals surface area contributed by atoms with E-state index in [9.17, 15) is 9.59 Å². The molecule has 0 atom stereocenters. The number of hydrogen-bond donors (Lipinski definition) is 0. The minimum Gasteiger partial charge on any atom is -0.273 e. The van der Waals surface area contributed by atoms with Crippen LogP contribution in [0.15, 0.2) is 78.9 Å². The largest absolute Gasteiger partial charge is 0.273 e. The number of rotatable bonds is 1. The van der Waals surface area contributed by atoms with Crippen LogP contribution in [0.25, 0.3) is 0 Å². The molecular formula is C18H13NO2. The lowest BCUT2D eigenvalue weighted by Gasteiger charge is -2.36. The summed E-state index contributed by atoms with van der Waals surface area (Å²) in [7, 11) is 0. The lowest BCUT2D eigenvalue weighted by Crippen LogP contribution is -2.41. The molecule has 0 aromatic heterocycles. The summed E-state index contributed by atoms with van der Waals surface area (Å²) in [6, 6.07) is 9.09. The number of benzene rings is 1. The van der Waals surface area contributed by atoms with E-state index in [4.69, 9.17) is 0 Å². The first-order valence-corrected chi connectivity index (χ1v) is 6.89. The van der Waals surface area contributed by atoms with Gasteiger partial charge >= 0.3 is 0 Å². The summed E-state index contributed by atoms with van der Waals surface area (Å²) in [6.07, 6.45) is 14.7.